The molecule has 1 fully saturated rings. The number of nitrogens with zero attached hydrogens (tertiary/aromatic N) is 2. The van der Waals surface area contributed by atoms with Crippen molar-refractivity contribution in [2.75, 3.05) is 0 Å². The molecule has 0 radical (unpaired) electrons. The van der Waals surface area contributed by atoms with Gasteiger partial charge in [-0.25, -0.2) is 5.43 Å². The van der Waals surface area contributed by atoms with Crippen LogP contribution in [0.5, 0.6) is 0 Å². The Labute approximate surface area is 187 Å². The molecule has 32 heavy (non-hydrogen) atoms. The van der Waals surface area contributed by atoms with Gasteiger partial charge in [0.1, 0.15) is 0 Å². The van der Waals surface area contributed by atoms with Crippen molar-refractivity contribution in [3.8, 4) is 0 Å². The molecule has 3 aromatic rings. The Morgan fingerprint density at radius 2 is 1.56 bits per heavy atom. The molecule has 6 heteroatoms. The molecular weight excluding hydrogens is 402 g/mol. The number of carbonyl (C=O) groups is 1. The molecule has 1 saturated carbocycles. The van der Waals surface area contributed by atoms with Crippen LogP contribution in [-0.2, 0) is 10.2 Å². The van der Waals surface area contributed by atoms with Crippen LogP contribution in [-0.4, -0.2) is 16.5 Å². The van der Waals surface area contributed by atoms with E-state index in [4.69, 9.17) is 0 Å². The van der Waals surface area contributed by atoms with E-state index in [2.05, 4.69) is 59.1 Å². The van der Waals surface area contributed by atoms with Gasteiger partial charge in [-0.3, -0.25) is 14.9 Å². The lowest BCUT2D eigenvalue weighted by atomic mass is 9.85. The summed E-state index contributed by atoms with van der Waals surface area (Å²) in [6, 6.07) is 22.9. The number of non-ortho nitro benzene ring substituents is 1. The molecule has 1 aliphatic carbocycles. The number of aryl methyl sites for hydroxylation is 2. The highest BCUT2D eigenvalue weighted by Gasteiger charge is 2.60. The first-order chi connectivity index (χ1) is 15.3. The van der Waals surface area contributed by atoms with E-state index in [-0.39, 0.29) is 22.9 Å². The molecular formula is C26H25N3O3. The van der Waals surface area contributed by atoms with Crippen LogP contribution in [0, 0.1) is 29.9 Å². The average molecular weight is 428 g/mol. The van der Waals surface area contributed by atoms with Gasteiger partial charge in [0.05, 0.1) is 16.6 Å². The minimum absolute atomic E-state index is 0.0108. The highest BCUT2D eigenvalue weighted by atomic mass is 16.6. The fraction of sp³-hybridized carbons (Fsp3) is 0.231. The fourth-order valence-corrected chi connectivity index (χ4v) is 4.21. The summed E-state index contributed by atoms with van der Waals surface area (Å²) in [5.74, 6) is -0.398. The largest absolute Gasteiger partial charge is 0.273 e. The molecule has 0 unspecified atom stereocenters. The number of nitrogens with one attached hydrogen (secondary N) is 1. The quantitative estimate of drug-likeness (QED) is 0.339. The standard InChI is InChI=1S/C26H25N3O3/c1-17-7-11-21(12-8-17)26(22-13-9-18(2)10-14-22)16-24(26)25(30)28-27-19(3)20-5-4-6-23(15-20)29(31)32/h4-15,24H,16H2,1-3H3,(H,28,30)/b27-19-/t24-/m1/s1. The lowest BCUT2D eigenvalue weighted by molar-refractivity contribution is -0.384. The third-order valence-corrected chi connectivity index (χ3v) is 6.22. The molecule has 0 spiro atoms. The number of carbonyl (C=O) groups excluding carboxylic acids is 1. The molecule has 0 bridgehead atoms. The van der Waals surface area contributed by atoms with Gasteiger partial charge < -0.3 is 0 Å². The van der Waals surface area contributed by atoms with Crippen LogP contribution < -0.4 is 5.43 Å². The molecule has 1 amide bonds. The van der Waals surface area contributed by atoms with Gasteiger partial charge in [-0.1, -0.05) is 71.8 Å². The van der Waals surface area contributed by atoms with Gasteiger partial charge in [-0.05, 0) is 38.3 Å². The second-order valence-electron chi connectivity index (χ2n) is 8.44. The number of benzene rings is 3. The van der Waals surface area contributed by atoms with Crippen molar-refractivity contribution in [1.82, 2.24) is 5.43 Å². The van der Waals surface area contributed by atoms with Crippen LogP contribution >= 0.6 is 0 Å². The lowest BCUT2D eigenvalue weighted by Crippen LogP contribution is -2.26. The van der Waals surface area contributed by atoms with Crippen molar-refractivity contribution >= 4 is 17.3 Å². The number of nitro groups is 1. The van der Waals surface area contributed by atoms with Crippen molar-refractivity contribution in [2.45, 2.75) is 32.6 Å². The molecule has 1 atom stereocenters. The Balaban J connectivity index is 1.58. The van der Waals surface area contributed by atoms with Crippen molar-refractivity contribution in [3.05, 3.63) is 111 Å². The Kier molecular flexibility index (Phi) is 5.61. The maximum Gasteiger partial charge on any atom is 0.270 e. The van der Waals surface area contributed by atoms with E-state index in [1.807, 2.05) is 13.8 Å². The zero-order chi connectivity index (χ0) is 22.9. The Morgan fingerprint density at radius 3 is 2.09 bits per heavy atom. The van der Waals surface area contributed by atoms with Crippen LogP contribution in [0.1, 0.15) is 41.2 Å². The molecule has 0 aromatic heterocycles. The molecule has 162 valence electrons. The number of hydrogen-bond acceptors (Lipinski definition) is 4. The summed E-state index contributed by atoms with van der Waals surface area (Å²) in [4.78, 5) is 23.7. The summed E-state index contributed by atoms with van der Waals surface area (Å²) < 4.78 is 0. The highest BCUT2D eigenvalue weighted by molar-refractivity contribution is 6.00. The van der Waals surface area contributed by atoms with E-state index in [0.717, 1.165) is 11.1 Å². The van der Waals surface area contributed by atoms with Crippen LogP contribution in [0.25, 0.3) is 0 Å². The molecule has 0 saturated heterocycles. The molecule has 0 heterocycles. The third kappa shape index (κ3) is 4.04. The van der Waals surface area contributed by atoms with E-state index < -0.39 is 4.92 Å². The maximum absolute atomic E-state index is 13.1. The normalized spacial score (nSPS) is 17.0. The Bertz CT molecular complexity index is 1150. The van der Waals surface area contributed by atoms with E-state index in [0.29, 0.717) is 17.7 Å². The molecule has 0 aliphatic heterocycles. The predicted octanol–water partition coefficient (Wildman–Crippen LogP) is 5.06. The molecule has 1 aliphatic rings. The minimum Gasteiger partial charge on any atom is -0.273 e. The highest BCUT2D eigenvalue weighted by Crippen LogP contribution is 2.59. The summed E-state index contributed by atoms with van der Waals surface area (Å²) in [6.45, 7) is 5.81. The average Bonchev–Trinajstić information content (AvgIpc) is 3.55. The van der Waals surface area contributed by atoms with Gasteiger partial charge in [0.25, 0.3) is 5.69 Å². The van der Waals surface area contributed by atoms with E-state index in [1.54, 1.807) is 19.1 Å². The SMILES string of the molecule is C/C(=N/NC(=O)[C@H]1CC1(c1ccc(C)cc1)c1ccc(C)cc1)c1cccc([N+](=O)[O-])c1. The van der Waals surface area contributed by atoms with Crippen LogP contribution in [0.3, 0.4) is 0 Å². The van der Waals surface area contributed by atoms with Gasteiger partial charge in [-0.15, -0.1) is 0 Å². The predicted molar refractivity (Wildman–Crippen MR) is 125 cm³/mol. The second-order valence-corrected chi connectivity index (χ2v) is 8.44. The smallest absolute Gasteiger partial charge is 0.270 e. The van der Waals surface area contributed by atoms with Gasteiger partial charge in [0, 0.05) is 23.1 Å². The van der Waals surface area contributed by atoms with Crippen LogP contribution in [0.2, 0.25) is 0 Å². The first kappa shape index (κ1) is 21.4. The number of amides is 1. The third-order valence-electron chi connectivity index (χ3n) is 6.22. The van der Waals surface area contributed by atoms with Crippen LogP contribution in [0.4, 0.5) is 5.69 Å². The molecule has 4 rings (SSSR count). The van der Waals surface area contributed by atoms with Gasteiger partial charge >= 0.3 is 0 Å². The van der Waals surface area contributed by atoms with Crippen molar-refractivity contribution in [2.24, 2.45) is 11.0 Å². The second kappa shape index (κ2) is 8.38. The van der Waals surface area contributed by atoms with E-state index in [1.165, 1.54) is 23.3 Å². The fourth-order valence-electron chi connectivity index (χ4n) is 4.21. The first-order valence-electron chi connectivity index (χ1n) is 10.5. The van der Waals surface area contributed by atoms with Gasteiger partial charge in [0.2, 0.25) is 5.91 Å². The van der Waals surface area contributed by atoms with E-state index in [9.17, 15) is 14.9 Å². The van der Waals surface area contributed by atoms with E-state index >= 15 is 0 Å². The number of hydrogen-bond donors (Lipinski definition) is 1. The number of nitro benzene ring substituents is 1. The van der Waals surface area contributed by atoms with Crippen molar-refractivity contribution in [3.63, 3.8) is 0 Å². The minimum atomic E-state index is -0.447. The topological polar surface area (TPSA) is 84.6 Å². The number of rotatable bonds is 6. The zero-order valence-electron chi connectivity index (χ0n) is 18.3. The van der Waals surface area contributed by atoms with Crippen molar-refractivity contribution < 1.29 is 9.72 Å². The summed E-state index contributed by atoms with van der Waals surface area (Å²) >= 11 is 0. The summed E-state index contributed by atoms with van der Waals surface area (Å²) in [5, 5.41) is 15.3. The Morgan fingerprint density at radius 1 is 1.00 bits per heavy atom. The van der Waals surface area contributed by atoms with Gasteiger partial charge in [0.15, 0.2) is 0 Å². The van der Waals surface area contributed by atoms with Gasteiger partial charge in [-0.2, -0.15) is 5.10 Å². The monoisotopic (exact) mass is 427 g/mol. The summed E-state index contributed by atoms with van der Waals surface area (Å²) in [7, 11) is 0. The maximum atomic E-state index is 13.1. The zero-order valence-corrected chi connectivity index (χ0v) is 18.3. The Hall–Kier alpha value is -3.80. The number of hydrazone groups is 1. The van der Waals surface area contributed by atoms with Crippen molar-refractivity contribution in [1.29, 1.82) is 0 Å². The molecule has 3 aromatic carbocycles. The van der Waals surface area contributed by atoms with Crippen LogP contribution in [0.15, 0.2) is 77.9 Å². The lowest BCUT2D eigenvalue weighted by Gasteiger charge is -2.19. The summed E-state index contributed by atoms with van der Waals surface area (Å²) in [6.07, 6.45) is 0.705. The first-order valence-corrected chi connectivity index (χ1v) is 10.5. The molecule has 6 nitrogen and oxygen atoms in total. The summed E-state index contributed by atoms with van der Waals surface area (Å²) in [5.41, 5.74) is 7.99. The molecule has 1 N–H and O–H groups in total.